The summed E-state index contributed by atoms with van der Waals surface area (Å²) in [5.41, 5.74) is 0. The van der Waals surface area contributed by atoms with Crippen molar-refractivity contribution in [2.45, 2.75) is 37.8 Å². The number of piperidine rings is 1. The Kier molecular flexibility index (Phi) is 3.50. The lowest BCUT2D eigenvalue weighted by molar-refractivity contribution is -0.144. The summed E-state index contributed by atoms with van der Waals surface area (Å²) in [5, 5.41) is 9.26. The van der Waals surface area contributed by atoms with Crippen LogP contribution in [0.4, 0.5) is 0 Å². The van der Waals surface area contributed by atoms with Gasteiger partial charge in [-0.05, 0) is 45.7 Å². The van der Waals surface area contributed by atoms with E-state index in [0.29, 0.717) is 12.0 Å². The normalized spacial score (nSPS) is 25.9. The molecule has 0 aromatic rings. The van der Waals surface area contributed by atoms with Gasteiger partial charge in [0.2, 0.25) is 0 Å². The average molecular weight is 226 g/mol. The molecule has 2 rings (SSSR count). The van der Waals surface area contributed by atoms with Crippen LogP contribution < -0.4 is 0 Å². The van der Waals surface area contributed by atoms with Crippen molar-refractivity contribution in [3.05, 3.63) is 0 Å². The third kappa shape index (κ3) is 2.55. The van der Waals surface area contributed by atoms with Gasteiger partial charge >= 0.3 is 5.97 Å². The third-order valence-electron chi connectivity index (χ3n) is 3.94. The third-order valence-corrected chi connectivity index (χ3v) is 3.94. The second-order valence-electron chi connectivity index (χ2n) is 5.35. The molecule has 0 aromatic heterocycles. The van der Waals surface area contributed by atoms with E-state index in [2.05, 4.69) is 23.9 Å². The Hall–Kier alpha value is -0.610. The summed E-state index contributed by atoms with van der Waals surface area (Å²) < 4.78 is 0. The van der Waals surface area contributed by atoms with Crippen molar-refractivity contribution in [1.29, 1.82) is 0 Å². The van der Waals surface area contributed by atoms with Crippen molar-refractivity contribution in [2.24, 2.45) is 5.92 Å². The highest BCUT2D eigenvalue weighted by Crippen LogP contribution is 2.36. The first kappa shape index (κ1) is 11.9. The van der Waals surface area contributed by atoms with Gasteiger partial charge in [-0.3, -0.25) is 9.69 Å². The van der Waals surface area contributed by atoms with E-state index in [1.807, 2.05) is 0 Å². The molecule has 2 fully saturated rings. The van der Waals surface area contributed by atoms with Crippen molar-refractivity contribution < 1.29 is 9.90 Å². The van der Waals surface area contributed by atoms with Gasteiger partial charge in [0.05, 0.1) is 0 Å². The van der Waals surface area contributed by atoms with Crippen LogP contribution in [0.1, 0.15) is 25.7 Å². The summed E-state index contributed by atoms with van der Waals surface area (Å²) in [6, 6.07) is 0.424. The van der Waals surface area contributed by atoms with Gasteiger partial charge in [-0.25, -0.2) is 0 Å². The Labute approximate surface area is 97.2 Å². The fourth-order valence-corrected chi connectivity index (χ4v) is 2.75. The molecule has 0 spiro atoms. The van der Waals surface area contributed by atoms with Crippen molar-refractivity contribution in [1.82, 2.24) is 9.80 Å². The Morgan fingerprint density at radius 2 is 1.81 bits per heavy atom. The molecule has 4 heteroatoms. The average Bonchev–Trinajstić information content (AvgIpc) is 3.02. The number of carbonyl (C=O) groups is 1. The van der Waals surface area contributed by atoms with Crippen LogP contribution in [-0.4, -0.2) is 60.1 Å². The van der Waals surface area contributed by atoms with Gasteiger partial charge in [0.1, 0.15) is 6.04 Å². The van der Waals surface area contributed by atoms with Crippen LogP contribution in [0.5, 0.6) is 0 Å². The fourth-order valence-electron chi connectivity index (χ4n) is 2.75. The Morgan fingerprint density at radius 1 is 1.25 bits per heavy atom. The lowest BCUT2D eigenvalue weighted by Gasteiger charge is -2.38. The number of carboxylic acids is 1. The molecular formula is C12H22N2O2. The van der Waals surface area contributed by atoms with Crippen molar-refractivity contribution in [3.8, 4) is 0 Å². The second kappa shape index (κ2) is 4.72. The zero-order chi connectivity index (χ0) is 11.7. The maximum atomic E-state index is 11.2. The Morgan fingerprint density at radius 3 is 2.19 bits per heavy atom. The summed E-state index contributed by atoms with van der Waals surface area (Å²) in [4.78, 5) is 15.7. The molecule has 92 valence electrons. The van der Waals surface area contributed by atoms with E-state index in [1.165, 1.54) is 0 Å². The molecule has 1 N–H and O–H groups in total. The van der Waals surface area contributed by atoms with E-state index in [-0.39, 0.29) is 6.04 Å². The largest absolute Gasteiger partial charge is 0.480 e. The van der Waals surface area contributed by atoms with E-state index in [0.717, 1.165) is 38.8 Å². The summed E-state index contributed by atoms with van der Waals surface area (Å²) in [5.74, 6) is -0.195. The van der Waals surface area contributed by atoms with Crippen LogP contribution in [0.25, 0.3) is 0 Å². The number of nitrogens with zero attached hydrogens (tertiary/aromatic N) is 2. The summed E-state index contributed by atoms with van der Waals surface area (Å²) in [7, 11) is 4.21. The van der Waals surface area contributed by atoms with Crippen molar-refractivity contribution in [3.63, 3.8) is 0 Å². The van der Waals surface area contributed by atoms with E-state index in [1.54, 1.807) is 0 Å². The first-order valence-electron chi connectivity index (χ1n) is 6.23. The van der Waals surface area contributed by atoms with Gasteiger partial charge < -0.3 is 10.0 Å². The van der Waals surface area contributed by atoms with Crippen LogP contribution >= 0.6 is 0 Å². The molecule has 1 heterocycles. The SMILES string of the molecule is CN(C)C1CCN(C(C(=O)O)C2CC2)CC1. The molecule has 1 aliphatic heterocycles. The molecule has 16 heavy (non-hydrogen) atoms. The number of aliphatic carboxylic acids is 1. The van der Waals surface area contributed by atoms with Crippen LogP contribution in [0.2, 0.25) is 0 Å². The molecule has 1 unspecified atom stereocenters. The molecule has 0 aromatic carbocycles. The molecule has 1 saturated carbocycles. The highest BCUT2D eigenvalue weighted by molar-refractivity contribution is 5.74. The summed E-state index contributed by atoms with van der Waals surface area (Å²) in [6.45, 7) is 1.88. The standard InChI is InChI=1S/C12H22N2O2/c1-13(2)10-5-7-14(8-6-10)11(12(15)16)9-3-4-9/h9-11H,3-8H2,1-2H3,(H,15,16). The quantitative estimate of drug-likeness (QED) is 0.772. The van der Waals surface area contributed by atoms with Crippen molar-refractivity contribution in [2.75, 3.05) is 27.2 Å². The fraction of sp³-hybridized carbons (Fsp3) is 0.917. The summed E-state index contributed by atoms with van der Waals surface area (Å²) in [6.07, 6.45) is 4.40. The molecular weight excluding hydrogens is 204 g/mol. The van der Waals surface area contributed by atoms with Crippen LogP contribution in [0, 0.1) is 5.92 Å². The van der Waals surface area contributed by atoms with Crippen molar-refractivity contribution >= 4 is 5.97 Å². The predicted octanol–water partition coefficient (Wildman–Crippen LogP) is 0.876. The van der Waals surface area contributed by atoms with Gasteiger partial charge in [-0.1, -0.05) is 0 Å². The molecule has 0 bridgehead atoms. The first-order chi connectivity index (χ1) is 7.59. The van der Waals surface area contributed by atoms with Crippen LogP contribution in [-0.2, 0) is 4.79 Å². The lowest BCUT2D eigenvalue weighted by Crippen LogP contribution is -2.50. The smallest absolute Gasteiger partial charge is 0.321 e. The first-order valence-corrected chi connectivity index (χ1v) is 6.23. The Bertz CT molecular complexity index is 256. The predicted molar refractivity (Wildman–Crippen MR) is 62.4 cm³/mol. The zero-order valence-electron chi connectivity index (χ0n) is 10.2. The van der Waals surface area contributed by atoms with Crippen LogP contribution in [0.3, 0.4) is 0 Å². The highest BCUT2D eigenvalue weighted by atomic mass is 16.4. The molecule has 1 aliphatic carbocycles. The van der Waals surface area contributed by atoms with E-state index < -0.39 is 5.97 Å². The lowest BCUT2D eigenvalue weighted by atomic mass is 10.0. The molecule has 4 nitrogen and oxygen atoms in total. The maximum Gasteiger partial charge on any atom is 0.321 e. The molecule has 2 aliphatic rings. The molecule has 1 saturated heterocycles. The minimum atomic E-state index is -0.620. The second-order valence-corrected chi connectivity index (χ2v) is 5.35. The number of likely N-dealkylation sites (tertiary alicyclic amines) is 1. The Balaban J connectivity index is 1.89. The molecule has 1 atom stereocenters. The monoisotopic (exact) mass is 226 g/mol. The molecule has 0 radical (unpaired) electrons. The van der Waals surface area contributed by atoms with Gasteiger partial charge in [0.25, 0.3) is 0 Å². The zero-order valence-corrected chi connectivity index (χ0v) is 10.2. The minimum absolute atomic E-state index is 0.205. The van der Waals surface area contributed by atoms with E-state index in [4.69, 9.17) is 0 Å². The van der Waals surface area contributed by atoms with Gasteiger partial charge in [0.15, 0.2) is 0 Å². The number of rotatable bonds is 4. The van der Waals surface area contributed by atoms with E-state index >= 15 is 0 Å². The highest BCUT2D eigenvalue weighted by Gasteiger charge is 2.41. The van der Waals surface area contributed by atoms with Gasteiger partial charge in [-0.2, -0.15) is 0 Å². The topological polar surface area (TPSA) is 43.8 Å². The number of hydrogen-bond acceptors (Lipinski definition) is 3. The minimum Gasteiger partial charge on any atom is -0.480 e. The van der Waals surface area contributed by atoms with Gasteiger partial charge in [0, 0.05) is 19.1 Å². The molecule has 0 amide bonds. The van der Waals surface area contributed by atoms with Crippen LogP contribution in [0.15, 0.2) is 0 Å². The number of hydrogen-bond donors (Lipinski definition) is 1. The number of carboxylic acid groups (broad SMARTS) is 1. The summed E-state index contributed by atoms with van der Waals surface area (Å²) >= 11 is 0. The maximum absolute atomic E-state index is 11.2. The van der Waals surface area contributed by atoms with E-state index in [9.17, 15) is 9.90 Å². The van der Waals surface area contributed by atoms with Gasteiger partial charge in [-0.15, -0.1) is 0 Å².